The first kappa shape index (κ1) is 10.1. The van der Waals surface area contributed by atoms with Gasteiger partial charge in [-0.2, -0.15) is 0 Å². The first-order valence-corrected chi connectivity index (χ1v) is 2.83. The van der Waals surface area contributed by atoms with Gasteiger partial charge in [-0.05, 0) is 18.6 Å². The monoisotopic (exact) mass is 177 g/mol. The highest BCUT2D eigenvalue weighted by Crippen LogP contribution is 2.09. The van der Waals surface area contributed by atoms with Crippen LogP contribution in [0.25, 0.3) is 0 Å². The Kier molecular flexibility index (Phi) is 3.78. The molecule has 1 rings (SSSR count). The lowest BCUT2D eigenvalue weighted by molar-refractivity contribution is 0.620. The van der Waals surface area contributed by atoms with Crippen molar-refractivity contribution in [3.05, 3.63) is 23.6 Å². The number of aryl methyl sites for hydroxylation is 1. The molecule has 0 saturated carbocycles. The number of nitrogen functional groups attached to an aromatic ring is 1. The molecular formula is C6H9ClFN3. The minimum Gasteiger partial charge on any atom is -0.308 e. The molecule has 5 heteroatoms. The normalized spacial score (nSPS) is 8.64. The van der Waals surface area contributed by atoms with Gasteiger partial charge in [-0.25, -0.2) is 15.2 Å². The molecule has 0 amide bonds. The van der Waals surface area contributed by atoms with E-state index in [1.807, 2.05) is 0 Å². The summed E-state index contributed by atoms with van der Waals surface area (Å²) in [7, 11) is 0. The summed E-state index contributed by atoms with van der Waals surface area (Å²) in [5.74, 6) is 5.22. The summed E-state index contributed by atoms with van der Waals surface area (Å²) in [5.41, 5.74) is 3.04. The molecule has 0 unspecified atom stereocenters. The van der Waals surface area contributed by atoms with Crippen molar-refractivity contribution in [1.29, 1.82) is 0 Å². The van der Waals surface area contributed by atoms with Crippen molar-refractivity contribution in [2.24, 2.45) is 5.84 Å². The fourth-order valence-electron chi connectivity index (χ4n) is 0.692. The lowest BCUT2D eigenvalue weighted by atomic mass is 10.3. The zero-order valence-corrected chi connectivity index (χ0v) is 6.78. The van der Waals surface area contributed by atoms with E-state index < -0.39 is 0 Å². The number of nitrogens with one attached hydrogen (secondary N) is 1. The lowest BCUT2D eigenvalue weighted by Gasteiger charge is -2.00. The first-order valence-electron chi connectivity index (χ1n) is 2.83. The van der Waals surface area contributed by atoms with Crippen LogP contribution in [0, 0.1) is 12.7 Å². The maximum Gasteiger partial charge on any atom is 0.143 e. The SMILES string of the molecule is Cc1cc(F)cnc1NN.Cl. The molecule has 1 heterocycles. The van der Waals surface area contributed by atoms with Crippen LogP contribution >= 0.6 is 12.4 Å². The van der Waals surface area contributed by atoms with Gasteiger partial charge in [-0.15, -0.1) is 12.4 Å². The molecule has 0 radical (unpaired) electrons. The summed E-state index contributed by atoms with van der Waals surface area (Å²) in [5, 5.41) is 0. The van der Waals surface area contributed by atoms with E-state index in [9.17, 15) is 4.39 Å². The Morgan fingerprint density at radius 3 is 2.73 bits per heavy atom. The van der Waals surface area contributed by atoms with Gasteiger partial charge in [0, 0.05) is 0 Å². The van der Waals surface area contributed by atoms with Crippen molar-refractivity contribution < 1.29 is 4.39 Å². The van der Waals surface area contributed by atoms with E-state index in [2.05, 4.69) is 10.4 Å². The molecule has 0 aromatic carbocycles. The van der Waals surface area contributed by atoms with E-state index in [1.54, 1.807) is 6.92 Å². The van der Waals surface area contributed by atoms with Gasteiger partial charge in [-0.3, -0.25) is 0 Å². The smallest absolute Gasteiger partial charge is 0.143 e. The Morgan fingerprint density at radius 2 is 2.27 bits per heavy atom. The van der Waals surface area contributed by atoms with E-state index in [4.69, 9.17) is 5.84 Å². The second kappa shape index (κ2) is 4.10. The topological polar surface area (TPSA) is 50.9 Å². The predicted octanol–water partition coefficient (Wildman–Crippen LogP) is 1.24. The van der Waals surface area contributed by atoms with E-state index >= 15 is 0 Å². The largest absolute Gasteiger partial charge is 0.308 e. The minimum atomic E-state index is -0.350. The van der Waals surface area contributed by atoms with Crippen molar-refractivity contribution in [2.75, 3.05) is 5.43 Å². The highest BCUT2D eigenvalue weighted by atomic mass is 35.5. The molecule has 11 heavy (non-hydrogen) atoms. The summed E-state index contributed by atoms with van der Waals surface area (Å²) < 4.78 is 12.4. The first-order chi connectivity index (χ1) is 4.74. The maximum absolute atomic E-state index is 12.4. The third-order valence-corrected chi connectivity index (χ3v) is 1.18. The number of nitrogens with zero attached hydrogens (tertiary/aromatic N) is 1. The van der Waals surface area contributed by atoms with Crippen LogP contribution in [-0.2, 0) is 0 Å². The molecule has 0 atom stereocenters. The van der Waals surface area contributed by atoms with Crippen molar-refractivity contribution in [1.82, 2.24) is 4.98 Å². The summed E-state index contributed by atoms with van der Waals surface area (Å²) in [6.07, 6.45) is 1.11. The van der Waals surface area contributed by atoms with Crippen LogP contribution in [0.1, 0.15) is 5.56 Å². The Bertz CT molecular complexity index is 241. The molecule has 62 valence electrons. The molecule has 0 spiro atoms. The van der Waals surface area contributed by atoms with Crippen LogP contribution in [-0.4, -0.2) is 4.98 Å². The number of hydrazine groups is 1. The molecule has 0 saturated heterocycles. The van der Waals surface area contributed by atoms with Crippen LogP contribution in [0.15, 0.2) is 12.3 Å². The molecule has 0 aliphatic rings. The minimum absolute atomic E-state index is 0. The molecule has 0 bridgehead atoms. The number of halogens is 2. The van der Waals surface area contributed by atoms with Gasteiger partial charge in [0.2, 0.25) is 0 Å². The fourth-order valence-corrected chi connectivity index (χ4v) is 0.692. The second-order valence-corrected chi connectivity index (χ2v) is 1.96. The van der Waals surface area contributed by atoms with Crippen LogP contribution < -0.4 is 11.3 Å². The predicted molar refractivity (Wildman–Crippen MR) is 44.0 cm³/mol. The maximum atomic E-state index is 12.4. The molecule has 1 aromatic heterocycles. The highest BCUT2D eigenvalue weighted by Gasteiger charge is 1.97. The molecule has 1 aromatic rings. The van der Waals surface area contributed by atoms with Crippen molar-refractivity contribution >= 4 is 18.2 Å². The highest BCUT2D eigenvalue weighted by molar-refractivity contribution is 5.85. The van der Waals surface area contributed by atoms with E-state index in [-0.39, 0.29) is 18.2 Å². The van der Waals surface area contributed by atoms with Gasteiger partial charge in [0.15, 0.2) is 0 Å². The third-order valence-electron chi connectivity index (χ3n) is 1.18. The number of anilines is 1. The van der Waals surface area contributed by atoms with Crippen LogP contribution in [0.2, 0.25) is 0 Å². The average Bonchev–Trinajstić information content (AvgIpc) is 1.88. The average molecular weight is 178 g/mol. The van der Waals surface area contributed by atoms with E-state index in [0.29, 0.717) is 11.4 Å². The number of hydrogen-bond donors (Lipinski definition) is 2. The zero-order chi connectivity index (χ0) is 7.56. The fraction of sp³-hybridized carbons (Fsp3) is 0.167. The van der Waals surface area contributed by atoms with Crippen LogP contribution in [0.4, 0.5) is 10.2 Å². The number of nitrogens with two attached hydrogens (primary N) is 1. The molecule has 0 aliphatic heterocycles. The number of hydrogen-bond acceptors (Lipinski definition) is 3. The van der Waals surface area contributed by atoms with E-state index in [0.717, 1.165) is 6.20 Å². The van der Waals surface area contributed by atoms with Crippen LogP contribution in [0.3, 0.4) is 0 Å². The lowest BCUT2D eigenvalue weighted by Crippen LogP contribution is -2.09. The van der Waals surface area contributed by atoms with E-state index in [1.165, 1.54) is 6.07 Å². The number of aromatic nitrogens is 1. The van der Waals surface area contributed by atoms with Gasteiger partial charge in [-0.1, -0.05) is 0 Å². The van der Waals surface area contributed by atoms with Crippen molar-refractivity contribution in [2.45, 2.75) is 6.92 Å². The molecule has 0 aliphatic carbocycles. The number of pyridine rings is 1. The Balaban J connectivity index is 0.000001000. The van der Waals surface area contributed by atoms with Crippen molar-refractivity contribution in [3.8, 4) is 0 Å². The molecule has 3 N–H and O–H groups in total. The standard InChI is InChI=1S/C6H8FN3.ClH/c1-4-2-5(7)3-9-6(4)10-8;/h2-3H,8H2,1H3,(H,9,10);1H. The Hall–Kier alpha value is -0.870. The van der Waals surface area contributed by atoms with Gasteiger partial charge in [0.05, 0.1) is 6.20 Å². The molecular weight excluding hydrogens is 169 g/mol. The Labute approximate surface area is 70.2 Å². The third kappa shape index (κ3) is 2.32. The second-order valence-electron chi connectivity index (χ2n) is 1.96. The zero-order valence-electron chi connectivity index (χ0n) is 5.97. The summed E-state index contributed by atoms with van der Waals surface area (Å²) in [6, 6.07) is 1.36. The van der Waals surface area contributed by atoms with Gasteiger partial charge in [0.25, 0.3) is 0 Å². The summed E-state index contributed by atoms with van der Waals surface area (Å²) >= 11 is 0. The number of rotatable bonds is 1. The summed E-state index contributed by atoms with van der Waals surface area (Å²) in [6.45, 7) is 1.73. The molecule has 3 nitrogen and oxygen atoms in total. The quantitative estimate of drug-likeness (QED) is 0.501. The van der Waals surface area contributed by atoms with Gasteiger partial charge < -0.3 is 5.43 Å². The van der Waals surface area contributed by atoms with Crippen LogP contribution in [0.5, 0.6) is 0 Å². The Morgan fingerprint density at radius 1 is 1.64 bits per heavy atom. The molecule has 0 fully saturated rings. The summed E-state index contributed by atoms with van der Waals surface area (Å²) in [4.78, 5) is 3.69. The van der Waals surface area contributed by atoms with Gasteiger partial charge >= 0.3 is 0 Å². The van der Waals surface area contributed by atoms with Gasteiger partial charge in [0.1, 0.15) is 11.6 Å². The van der Waals surface area contributed by atoms with Crippen molar-refractivity contribution in [3.63, 3.8) is 0 Å².